The highest BCUT2D eigenvalue weighted by molar-refractivity contribution is 9.10. The van der Waals surface area contributed by atoms with Gasteiger partial charge in [0.1, 0.15) is 0 Å². The van der Waals surface area contributed by atoms with Gasteiger partial charge in [0.15, 0.2) is 11.6 Å². The van der Waals surface area contributed by atoms with Crippen LogP contribution in [0.4, 0.5) is 4.39 Å². The largest absolute Gasteiger partial charge is 0.494 e. The van der Waals surface area contributed by atoms with Crippen LogP contribution in [0.3, 0.4) is 0 Å². The van der Waals surface area contributed by atoms with E-state index >= 15 is 0 Å². The molecule has 2 rings (SSSR count). The number of methoxy groups -OCH3 is 1. The molecule has 0 atom stereocenters. The van der Waals surface area contributed by atoms with E-state index in [2.05, 4.69) is 15.9 Å². The van der Waals surface area contributed by atoms with Crippen molar-refractivity contribution in [1.29, 1.82) is 0 Å². The third-order valence-corrected chi connectivity index (χ3v) is 4.37. The lowest BCUT2D eigenvalue weighted by Crippen LogP contribution is -2.01. The smallest absolute Gasteiger partial charge is 0.204 e. The van der Waals surface area contributed by atoms with Gasteiger partial charge in [-0.2, -0.15) is 0 Å². The number of carbonyl (C=O) groups is 1. The van der Waals surface area contributed by atoms with Crippen molar-refractivity contribution < 1.29 is 13.9 Å². The second-order valence-corrected chi connectivity index (χ2v) is 5.82. The number of hydrogen-bond donors (Lipinski definition) is 0. The Kier molecular flexibility index (Phi) is 3.82. The molecular weight excluding hydrogens is 319 g/mol. The Hall–Kier alpha value is -1.20. The van der Waals surface area contributed by atoms with E-state index in [0.717, 1.165) is 9.35 Å². The first-order chi connectivity index (χ1) is 8.52. The van der Waals surface area contributed by atoms with Crippen molar-refractivity contribution in [2.75, 3.05) is 7.11 Å². The molecular formula is C13H10BrFO2S. The molecule has 1 aromatic carbocycles. The number of halogens is 2. The number of rotatable bonds is 3. The van der Waals surface area contributed by atoms with Crippen LogP contribution in [0.1, 0.15) is 20.1 Å². The molecule has 94 valence electrons. The van der Waals surface area contributed by atoms with Gasteiger partial charge in [-0.05, 0) is 47.1 Å². The van der Waals surface area contributed by atoms with Crippen molar-refractivity contribution in [3.8, 4) is 5.75 Å². The fourth-order valence-electron chi connectivity index (χ4n) is 1.57. The topological polar surface area (TPSA) is 26.3 Å². The molecule has 0 unspecified atom stereocenters. The third-order valence-electron chi connectivity index (χ3n) is 2.43. The van der Waals surface area contributed by atoms with E-state index < -0.39 is 5.82 Å². The van der Waals surface area contributed by atoms with Gasteiger partial charge in [-0.25, -0.2) is 4.39 Å². The molecule has 0 saturated carbocycles. The van der Waals surface area contributed by atoms with E-state index in [0.29, 0.717) is 10.4 Å². The lowest BCUT2D eigenvalue weighted by Gasteiger charge is -2.04. The molecule has 1 heterocycles. The standard InChI is InChI=1S/C13H10BrFO2S/c1-7-5-9(14)13(18-7)12(16)8-3-4-10(15)11(6-8)17-2/h3-6H,1-2H3. The lowest BCUT2D eigenvalue weighted by atomic mass is 10.1. The first-order valence-electron chi connectivity index (χ1n) is 5.17. The van der Waals surface area contributed by atoms with Crippen molar-refractivity contribution in [2.24, 2.45) is 0 Å². The molecule has 0 radical (unpaired) electrons. The maximum atomic E-state index is 13.3. The van der Waals surface area contributed by atoms with E-state index in [1.807, 2.05) is 13.0 Å². The second-order valence-electron chi connectivity index (χ2n) is 3.71. The third kappa shape index (κ3) is 2.47. The molecule has 0 aliphatic rings. The van der Waals surface area contributed by atoms with E-state index in [-0.39, 0.29) is 11.5 Å². The van der Waals surface area contributed by atoms with Gasteiger partial charge >= 0.3 is 0 Å². The van der Waals surface area contributed by atoms with Crippen molar-refractivity contribution in [1.82, 2.24) is 0 Å². The number of hydrogen-bond acceptors (Lipinski definition) is 3. The van der Waals surface area contributed by atoms with Gasteiger partial charge in [0, 0.05) is 14.9 Å². The summed E-state index contributed by atoms with van der Waals surface area (Å²) in [5, 5.41) is 0. The van der Waals surface area contributed by atoms with Gasteiger partial charge in [-0.3, -0.25) is 4.79 Å². The summed E-state index contributed by atoms with van der Waals surface area (Å²) in [5.41, 5.74) is 0.413. The zero-order valence-electron chi connectivity index (χ0n) is 9.79. The van der Waals surface area contributed by atoms with Crippen molar-refractivity contribution in [2.45, 2.75) is 6.92 Å². The van der Waals surface area contributed by atoms with Gasteiger partial charge in [0.25, 0.3) is 0 Å². The van der Waals surface area contributed by atoms with Gasteiger partial charge in [-0.15, -0.1) is 11.3 Å². The zero-order valence-corrected chi connectivity index (χ0v) is 12.2. The maximum absolute atomic E-state index is 13.3. The molecule has 0 spiro atoms. The minimum atomic E-state index is -0.476. The van der Waals surface area contributed by atoms with Crippen LogP contribution in [0.5, 0.6) is 5.75 Å². The Morgan fingerprint density at radius 2 is 2.11 bits per heavy atom. The molecule has 5 heteroatoms. The molecule has 0 bridgehead atoms. The number of ether oxygens (including phenoxy) is 1. The van der Waals surface area contributed by atoms with Crippen LogP contribution in [-0.4, -0.2) is 12.9 Å². The number of carbonyl (C=O) groups excluding carboxylic acids is 1. The summed E-state index contributed by atoms with van der Waals surface area (Å²) in [6, 6.07) is 6.00. The zero-order chi connectivity index (χ0) is 13.3. The lowest BCUT2D eigenvalue weighted by molar-refractivity contribution is 0.104. The highest BCUT2D eigenvalue weighted by Crippen LogP contribution is 2.30. The van der Waals surface area contributed by atoms with Gasteiger partial charge < -0.3 is 4.74 Å². The highest BCUT2D eigenvalue weighted by atomic mass is 79.9. The van der Waals surface area contributed by atoms with Gasteiger partial charge in [0.2, 0.25) is 5.78 Å². The molecule has 0 N–H and O–H groups in total. The summed E-state index contributed by atoms with van der Waals surface area (Å²) in [4.78, 5) is 13.9. The van der Waals surface area contributed by atoms with Gasteiger partial charge in [0.05, 0.1) is 12.0 Å². The minimum absolute atomic E-state index is 0.0743. The van der Waals surface area contributed by atoms with E-state index in [4.69, 9.17) is 4.74 Å². The Bertz CT molecular complexity index is 607. The Labute approximate surface area is 117 Å². The van der Waals surface area contributed by atoms with Crippen molar-refractivity contribution >= 4 is 33.0 Å². The van der Waals surface area contributed by atoms with Crippen LogP contribution in [0, 0.1) is 12.7 Å². The van der Waals surface area contributed by atoms with E-state index in [9.17, 15) is 9.18 Å². The molecule has 0 aliphatic heterocycles. The van der Waals surface area contributed by atoms with Crippen LogP contribution in [0.25, 0.3) is 0 Å². The maximum Gasteiger partial charge on any atom is 0.204 e. The predicted molar refractivity (Wildman–Crippen MR) is 73.1 cm³/mol. The first-order valence-corrected chi connectivity index (χ1v) is 6.78. The first kappa shape index (κ1) is 13.2. The highest BCUT2D eigenvalue weighted by Gasteiger charge is 2.17. The summed E-state index contributed by atoms with van der Waals surface area (Å²) in [5.74, 6) is -0.543. The quantitative estimate of drug-likeness (QED) is 0.789. The van der Waals surface area contributed by atoms with Crippen molar-refractivity contribution in [3.05, 3.63) is 49.9 Å². The predicted octanol–water partition coefficient (Wildman–Crippen LogP) is 4.20. The molecule has 0 fully saturated rings. The molecule has 2 nitrogen and oxygen atoms in total. The molecule has 18 heavy (non-hydrogen) atoms. The van der Waals surface area contributed by atoms with Crippen LogP contribution < -0.4 is 4.74 Å². The SMILES string of the molecule is COc1cc(C(=O)c2sc(C)cc2Br)ccc1F. The normalized spacial score (nSPS) is 10.4. The Balaban J connectivity index is 2.43. The molecule has 0 amide bonds. The van der Waals surface area contributed by atoms with E-state index in [1.165, 1.54) is 36.6 Å². The summed E-state index contributed by atoms with van der Waals surface area (Å²) in [6.07, 6.45) is 0. The fraction of sp³-hybridized carbons (Fsp3) is 0.154. The summed E-state index contributed by atoms with van der Waals surface area (Å²) < 4.78 is 18.9. The number of aryl methyl sites for hydroxylation is 1. The summed E-state index contributed by atoms with van der Waals surface area (Å²) in [7, 11) is 1.37. The van der Waals surface area contributed by atoms with Crippen LogP contribution in [0.15, 0.2) is 28.7 Å². The summed E-state index contributed by atoms with van der Waals surface area (Å²) in [6.45, 7) is 1.93. The summed E-state index contributed by atoms with van der Waals surface area (Å²) >= 11 is 4.75. The number of benzene rings is 1. The monoisotopic (exact) mass is 328 g/mol. The molecule has 0 saturated heterocycles. The number of ketones is 1. The second kappa shape index (κ2) is 5.20. The van der Waals surface area contributed by atoms with E-state index in [1.54, 1.807) is 0 Å². The van der Waals surface area contributed by atoms with Gasteiger partial charge in [-0.1, -0.05) is 0 Å². The molecule has 1 aromatic heterocycles. The molecule has 2 aromatic rings. The minimum Gasteiger partial charge on any atom is -0.494 e. The number of thiophene rings is 1. The average Bonchev–Trinajstić information content (AvgIpc) is 2.68. The van der Waals surface area contributed by atoms with Crippen LogP contribution >= 0.6 is 27.3 Å². The Morgan fingerprint density at radius 3 is 2.67 bits per heavy atom. The fourth-order valence-corrected chi connectivity index (χ4v) is 3.35. The van der Waals surface area contributed by atoms with Crippen molar-refractivity contribution in [3.63, 3.8) is 0 Å². The van der Waals surface area contributed by atoms with Crippen LogP contribution in [-0.2, 0) is 0 Å². The van der Waals surface area contributed by atoms with Crippen LogP contribution in [0.2, 0.25) is 0 Å². The Morgan fingerprint density at radius 1 is 1.39 bits per heavy atom. The molecule has 0 aliphatic carbocycles. The average molecular weight is 329 g/mol.